The molecule has 3 rings (SSSR count). The summed E-state index contributed by atoms with van der Waals surface area (Å²) >= 11 is 6.10. The summed E-state index contributed by atoms with van der Waals surface area (Å²) in [6, 6.07) is 2.67. The van der Waals surface area contributed by atoms with E-state index in [0.29, 0.717) is 18.8 Å². The lowest BCUT2D eigenvalue weighted by molar-refractivity contribution is -0.130. The number of anilines is 1. The van der Waals surface area contributed by atoms with Gasteiger partial charge < -0.3 is 15.0 Å². The van der Waals surface area contributed by atoms with Gasteiger partial charge in [0.25, 0.3) is 5.91 Å². The topological polar surface area (TPSA) is 92.8 Å². The van der Waals surface area contributed by atoms with Crippen LogP contribution in [0.15, 0.2) is 17.0 Å². The summed E-state index contributed by atoms with van der Waals surface area (Å²) in [7, 11) is -3.75. The number of carbonyl (C=O) groups excluding carboxylic acids is 2. The Morgan fingerprint density at radius 2 is 1.88 bits per heavy atom. The van der Waals surface area contributed by atoms with Crippen LogP contribution < -0.4 is 10.1 Å². The normalized spacial score (nSPS) is 17.7. The third-order valence-corrected chi connectivity index (χ3v) is 6.72. The fraction of sp³-hybridized carbons (Fsp3) is 0.529. The number of ether oxygens (including phenoxy) is 1. The number of likely N-dealkylation sites (tertiary alicyclic amines) is 1. The van der Waals surface area contributed by atoms with Crippen LogP contribution in [0.4, 0.5) is 5.69 Å². The maximum atomic E-state index is 12.7. The molecule has 1 aromatic carbocycles. The molecule has 1 aromatic rings. The van der Waals surface area contributed by atoms with E-state index in [4.69, 9.17) is 16.3 Å². The first kappa shape index (κ1) is 19.0. The lowest BCUT2D eigenvalue weighted by atomic mass is 10.2. The minimum absolute atomic E-state index is 0.00299. The van der Waals surface area contributed by atoms with Crippen LogP contribution in [-0.2, 0) is 19.4 Å². The second-order valence-corrected chi connectivity index (χ2v) is 8.96. The Balaban J connectivity index is 1.72. The van der Waals surface area contributed by atoms with E-state index < -0.39 is 9.84 Å². The minimum Gasteiger partial charge on any atom is -0.482 e. The first-order valence-electron chi connectivity index (χ1n) is 8.63. The molecule has 2 amide bonds. The predicted octanol–water partition coefficient (Wildman–Crippen LogP) is 2.24. The Labute approximate surface area is 157 Å². The van der Waals surface area contributed by atoms with Crippen LogP contribution >= 0.6 is 11.6 Å². The number of hydrogen-bond donors (Lipinski definition) is 1. The highest BCUT2D eigenvalue weighted by atomic mass is 35.5. The number of hydrogen-bond acceptors (Lipinski definition) is 5. The highest BCUT2D eigenvalue weighted by Gasteiger charge is 2.26. The quantitative estimate of drug-likeness (QED) is 0.836. The number of sulfone groups is 1. The Morgan fingerprint density at radius 1 is 1.19 bits per heavy atom. The van der Waals surface area contributed by atoms with Crippen LogP contribution in [0.5, 0.6) is 5.75 Å². The van der Waals surface area contributed by atoms with Crippen molar-refractivity contribution in [3.63, 3.8) is 0 Å². The van der Waals surface area contributed by atoms with E-state index in [2.05, 4.69) is 5.32 Å². The molecule has 7 nitrogen and oxygen atoms in total. The van der Waals surface area contributed by atoms with Gasteiger partial charge in [0.2, 0.25) is 5.91 Å². The average Bonchev–Trinajstić information content (AvgIpc) is 2.88. The standard InChI is InChI=1S/C17H21ClN2O5S/c18-12-9-13-14(25-11-16(21)19-13)10-15(12)26(23,24)8-5-17(22)20-6-3-1-2-4-7-20/h9-10H,1-8,11H2,(H,19,21). The number of rotatable bonds is 4. The second-order valence-electron chi connectivity index (χ2n) is 6.48. The molecule has 0 radical (unpaired) electrons. The molecule has 0 aliphatic carbocycles. The number of amides is 2. The first-order valence-corrected chi connectivity index (χ1v) is 10.7. The smallest absolute Gasteiger partial charge is 0.262 e. The van der Waals surface area contributed by atoms with E-state index in [1.165, 1.54) is 12.1 Å². The Kier molecular flexibility index (Phi) is 5.72. The minimum atomic E-state index is -3.75. The van der Waals surface area contributed by atoms with Crippen molar-refractivity contribution < 1.29 is 22.7 Å². The van der Waals surface area contributed by atoms with Gasteiger partial charge in [0.1, 0.15) is 5.75 Å². The van der Waals surface area contributed by atoms with Gasteiger partial charge in [0.05, 0.1) is 21.4 Å². The van der Waals surface area contributed by atoms with Crippen molar-refractivity contribution in [3.05, 3.63) is 17.2 Å². The molecule has 26 heavy (non-hydrogen) atoms. The van der Waals surface area contributed by atoms with Crippen molar-refractivity contribution in [2.24, 2.45) is 0 Å². The summed E-state index contributed by atoms with van der Waals surface area (Å²) in [4.78, 5) is 25.3. The molecule has 2 aliphatic rings. The molecule has 0 atom stereocenters. The zero-order valence-corrected chi connectivity index (χ0v) is 15.9. The summed E-state index contributed by atoms with van der Waals surface area (Å²) in [5.41, 5.74) is 0.339. The van der Waals surface area contributed by atoms with Gasteiger partial charge in [0.15, 0.2) is 16.4 Å². The molecule has 0 saturated carbocycles. The SMILES string of the molecule is O=C1COc2cc(S(=O)(=O)CCC(=O)N3CCCCCC3)c(Cl)cc2N1. The Bertz CT molecular complexity index is 817. The number of fused-ring (bicyclic) bond motifs is 1. The van der Waals surface area contributed by atoms with Crippen molar-refractivity contribution >= 4 is 38.9 Å². The summed E-state index contributed by atoms with van der Waals surface area (Å²) in [6.07, 6.45) is 4.04. The summed E-state index contributed by atoms with van der Waals surface area (Å²) in [5.74, 6) is -0.528. The molecule has 9 heteroatoms. The third kappa shape index (κ3) is 4.29. The molecule has 142 valence electrons. The third-order valence-electron chi connectivity index (χ3n) is 4.55. The molecule has 0 bridgehead atoms. The molecule has 1 fully saturated rings. The lowest BCUT2D eigenvalue weighted by Crippen LogP contribution is -2.33. The number of nitrogens with zero attached hydrogens (tertiary/aromatic N) is 1. The van der Waals surface area contributed by atoms with Crippen LogP contribution in [-0.4, -0.2) is 50.6 Å². The Morgan fingerprint density at radius 3 is 2.58 bits per heavy atom. The fourth-order valence-electron chi connectivity index (χ4n) is 3.13. The number of halogens is 1. The van der Waals surface area contributed by atoms with Crippen LogP contribution in [0.25, 0.3) is 0 Å². The van der Waals surface area contributed by atoms with Crippen molar-refractivity contribution in [2.45, 2.75) is 37.0 Å². The first-order chi connectivity index (χ1) is 12.4. The van der Waals surface area contributed by atoms with Gasteiger partial charge in [-0.25, -0.2) is 8.42 Å². The van der Waals surface area contributed by atoms with Crippen LogP contribution in [0.2, 0.25) is 5.02 Å². The molecular weight excluding hydrogens is 380 g/mol. The van der Waals surface area contributed by atoms with Crippen molar-refractivity contribution in [3.8, 4) is 5.75 Å². The van der Waals surface area contributed by atoms with E-state index in [9.17, 15) is 18.0 Å². The number of carbonyl (C=O) groups is 2. The maximum Gasteiger partial charge on any atom is 0.262 e. The van der Waals surface area contributed by atoms with Gasteiger partial charge in [-0.3, -0.25) is 9.59 Å². The second kappa shape index (κ2) is 7.84. The number of benzene rings is 1. The van der Waals surface area contributed by atoms with Gasteiger partial charge in [-0.2, -0.15) is 0 Å². The average molecular weight is 401 g/mol. The van der Waals surface area contributed by atoms with Gasteiger partial charge >= 0.3 is 0 Å². The molecule has 2 heterocycles. The van der Waals surface area contributed by atoms with Crippen molar-refractivity contribution in [2.75, 3.05) is 30.8 Å². The molecule has 1 saturated heterocycles. The number of nitrogens with one attached hydrogen (secondary N) is 1. The fourth-order valence-corrected chi connectivity index (χ4v) is 4.95. The maximum absolute atomic E-state index is 12.7. The van der Waals surface area contributed by atoms with Crippen LogP contribution in [0.1, 0.15) is 32.1 Å². The van der Waals surface area contributed by atoms with E-state index in [1.807, 2.05) is 0 Å². The largest absolute Gasteiger partial charge is 0.482 e. The summed E-state index contributed by atoms with van der Waals surface area (Å²) in [6.45, 7) is 1.19. The van der Waals surface area contributed by atoms with E-state index in [-0.39, 0.29) is 46.3 Å². The highest BCUT2D eigenvalue weighted by Crippen LogP contribution is 2.36. The molecular formula is C17H21ClN2O5S. The molecule has 0 aromatic heterocycles. The molecule has 1 N–H and O–H groups in total. The summed E-state index contributed by atoms with van der Waals surface area (Å²) in [5, 5.41) is 2.57. The highest BCUT2D eigenvalue weighted by molar-refractivity contribution is 7.91. The van der Waals surface area contributed by atoms with E-state index in [0.717, 1.165) is 25.7 Å². The van der Waals surface area contributed by atoms with Gasteiger partial charge in [-0.1, -0.05) is 24.4 Å². The zero-order valence-electron chi connectivity index (χ0n) is 14.3. The van der Waals surface area contributed by atoms with Gasteiger partial charge in [-0.05, 0) is 18.9 Å². The van der Waals surface area contributed by atoms with Crippen molar-refractivity contribution in [1.29, 1.82) is 0 Å². The molecule has 0 unspecified atom stereocenters. The molecule has 0 spiro atoms. The zero-order chi connectivity index (χ0) is 18.7. The van der Waals surface area contributed by atoms with Crippen molar-refractivity contribution in [1.82, 2.24) is 4.90 Å². The van der Waals surface area contributed by atoms with E-state index in [1.54, 1.807) is 4.90 Å². The monoisotopic (exact) mass is 400 g/mol. The Hall–Kier alpha value is -1.80. The predicted molar refractivity (Wildman–Crippen MR) is 97.3 cm³/mol. The van der Waals surface area contributed by atoms with Gasteiger partial charge in [-0.15, -0.1) is 0 Å². The van der Waals surface area contributed by atoms with E-state index >= 15 is 0 Å². The lowest BCUT2D eigenvalue weighted by Gasteiger charge is -2.21. The van der Waals surface area contributed by atoms with Crippen LogP contribution in [0, 0.1) is 0 Å². The molecule has 2 aliphatic heterocycles. The van der Waals surface area contributed by atoms with Crippen LogP contribution in [0.3, 0.4) is 0 Å². The summed E-state index contributed by atoms with van der Waals surface area (Å²) < 4.78 is 30.6. The van der Waals surface area contributed by atoms with Gasteiger partial charge in [0, 0.05) is 25.6 Å².